The number of hydrogen-bond acceptors (Lipinski definition) is 4. The molecule has 1 amide bonds. The predicted octanol–water partition coefficient (Wildman–Crippen LogP) is 2.99. The lowest BCUT2D eigenvalue weighted by molar-refractivity contribution is -0.0479. The Labute approximate surface area is 143 Å². The van der Waals surface area contributed by atoms with Crippen molar-refractivity contribution in [3.05, 3.63) is 35.9 Å². The fraction of sp³-hybridized carbons (Fsp3) is 0.579. The summed E-state index contributed by atoms with van der Waals surface area (Å²) >= 11 is 0. The van der Waals surface area contributed by atoms with Gasteiger partial charge in [0.25, 0.3) is 0 Å². The number of carbonyl (C=O) groups excluding carboxylic acids is 1. The van der Waals surface area contributed by atoms with Gasteiger partial charge in [-0.2, -0.15) is 0 Å². The normalized spacial score (nSPS) is 23.7. The first-order valence-corrected chi connectivity index (χ1v) is 8.57. The fourth-order valence-electron chi connectivity index (χ4n) is 3.42. The molecule has 130 valence electrons. The summed E-state index contributed by atoms with van der Waals surface area (Å²) in [5.41, 5.74) is -0.242. The topological polar surface area (TPSA) is 62.1 Å². The lowest BCUT2D eigenvalue weighted by Crippen LogP contribution is -2.51. The molecule has 0 bridgehead atoms. The molecule has 2 aliphatic heterocycles. The Bertz CT molecular complexity index is 607. The molecule has 2 aliphatic rings. The lowest BCUT2D eigenvalue weighted by Gasteiger charge is -2.43. The number of benzene rings is 1. The van der Waals surface area contributed by atoms with Crippen LogP contribution >= 0.6 is 0 Å². The van der Waals surface area contributed by atoms with Gasteiger partial charge in [0.05, 0.1) is 11.6 Å². The van der Waals surface area contributed by atoms with Crippen LogP contribution in [0.4, 0.5) is 4.79 Å². The quantitative estimate of drug-likeness (QED) is 0.927. The van der Waals surface area contributed by atoms with E-state index in [1.807, 2.05) is 57.3 Å². The van der Waals surface area contributed by atoms with Gasteiger partial charge in [0, 0.05) is 25.2 Å². The second-order valence-electron chi connectivity index (χ2n) is 7.75. The minimum atomic E-state index is -0.846. The molecule has 2 unspecified atom stereocenters. The van der Waals surface area contributed by atoms with Gasteiger partial charge in [-0.3, -0.25) is 4.99 Å². The Kier molecular flexibility index (Phi) is 4.38. The number of ether oxygens (including phenoxy) is 1. The third-order valence-electron chi connectivity index (χ3n) is 4.68. The highest BCUT2D eigenvalue weighted by Crippen LogP contribution is 2.42. The molecule has 3 rings (SSSR count). The summed E-state index contributed by atoms with van der Waals surface area (Å²) in [6, 6.07) is 10.1. The van der Waals surface area contributed by atoms with Gasteiger partial charge in [0.1, 0.15) is 5.60 Å². The number of rotatable bonds is 3. The second kappa shape index (κ2) is 6.20. The Morgan fingerprint density at radius 3 is 2.38 bits per heavy atom. The zero-order valence-corrected chi connectivity index (χ0v) is 14.6. The van der Waals surface area contributed by atoms with Crippen LogP contribution in [0.1, 0.15) is 45.1 Å². The van der Waals surface area contributed by atoms with Crippen molar-refractivity contribution in [2.24, 2.45) is 4.99 Å². The van der Waals surface area contributed by atoms with E-state index in [9.17, 15) is 9.90 Å². The smallest absolute Gasteiger partial charge is 0.410 e. The van der Waals surface area contributed by atoms with Gasteiger partial charge >= 0.3 is 6.09 Å². The number of carbonyl (C=O) groups is 1. The number of likely N-dealkylation sites (tertiary alicyclic amines) is 1. The number of hydrogen-bond donors (Lipinski definition) is 1. The second-order valence-corrected chi connectivity index (χ2v) is 7.75. The SMILES string of the molecule is CC(C)(C)OC(=O)N1CCC(O)(C(c2ccccc2)C2C=N2)CC1. The van der Waals surface area contributed by atoms with Crippen molar-refractivity contribution in [3.8, 4) is 0 Å². The van der Waals surface area contributed by atoms with Crippen molar-refractivity contribution in [2.75, 3.05) is 13.1 Å². The fourth-order valence-corrected chi connectivity index (χ4v) is 3.42. The van der Waals surface area contributed by atoms with Gasteiger partial charge < -0.3 is 14.7 Å². The molecule has 1 saturated heterocycles. The maximum Gasteiger partial charge on any atom is 0.410 e. The van der Waals surface area contributed by atoms with Crippen LogP contribution in [-0.4, -0.2) is 52.6 Å². The van der Waals surface area contributed by atoms with E-state index in [0.717, 1.165) is 5.56 Å². The van der Waals surface area contributed by atoms with E-state index in [2.05, 4.69) is 4.99 Å². The highest BCUT2D eigenvalue weighted by atomic mass is 16.6. The molecular formula is C19H26N2O3. The van der Waals surface area contributed by atoms with Crippen LogP contribution in [0.5, 0.6) is 0 Å². The average Bonchev–Trinajstić information content (AvgIpc) is 3.32. The monoisotopic (exact) mass is 330 g/mol. The average molecular weight is 330 g/mol. The summed E-state index contributed by atoms with van der Waals surface area (Å²) in [5.74, 6) is -0.0421. The minimum absolute atomic E-state index is 0.0421. The first kappa shape index (κ1) is 17.0. The van der Waals surface area contributed by atoms with E-state index >= 15 is 0 Å². The molecule has 0 saturated carbocycles. The molecular weight excluding hydrogens is 304 g/mol. The molecule has 2 atom stereocenters. The van der Waals surface area contributed by atoms with Crippen LogP contribution in [0.25, 0.3) is 0 Å². The molecule has 1 aromatic rings. The number of aliphatic imine (C=N–C) groups is 1. The van der Waals surface area contributed by atoms with Crippen molar-refractivity contribution < 1.29 is 14.6 Å². The molecule has 2 heterocycles. The van der Waals surface area contributed by atoms with E-state index in [0.29, 0.717) is 25.9 Å². The molecule has 1 N–H and O–H groups in total. The zero-order chi connectivity index (χ0) is 17.4. The zero-order valence-electron chi connectivity index (χ0n) is 14.6. The van der Waals surface area contributed by atoms with Crippen LogP contribution in [0, 0.1) is 0 Å². The summed E-state index contributed by atoms with van der Waals surface area (Å²) < 4.78 is 5.43. The lowest BCUT2D eigenvalue weighted by atomic mass is 9.74. The highest BCUT2D eigenvalue weighted by Gasteiger charge is 2.47. The van der Waals surface area contributed by atoms with E-state index < -0.39 is 11.2 Å². The van der Waals surface area contributed by atoms with Gasteiger partial charge in [-0.25, -0.2) is 4.79 Å². The maximum absolute atomic E-state index is 12.2. The van der Waals surface area contributed by atoms with Gasteiger partial charge in [-0.15, -0.1) is 0 Å². The van der Waals surface area contributed by atoms with Crippen molar-refractivity contribution in [3.63, 3.8) is 0 Å². The summed E-state index contributed by atoms with van der Waals surface area (Å²) in [5, 5.41) is 11.3. The van der Waals surface area contributed by atoms with Crippen molar-refractivity contribution in [2.45, 2.75) is 56.8 Å². The number of aliphatic hydroxyl groups is 1. The molecule has 0 spiro atoms. The summed E-state index contributed by atoms with van der Waals surface area (Å²) in [7, 11) is 0. The van der Waals surface area contributed by atoms with Crippen molar-refractivity contribution in [1.82, 2.24) is 4.90 Å². The molecule has 0 aliphatic carbocycles. The first-order chi connectivity index (χ1) is 11.3. The van der Waals surface area contributed by atoms with Crippen LogP contribution < -0.4 is 0 Å². The van der Waals surface area contributed by atoms with Gasteiger partial charge in [0.15, 0.2) is 0 Å². The maximum atomic E-state index is 12.2. The van der Waals surface area contributed by atoms with Crippen molar-refractivity contribution >= 4 is 12.3 Å². The largest absolute Gasteiger partial charge is 0.444 e. The highest BCUT2D eigenvalue weighted by molar-refractivity contribution is 5.80. The predicted molar refractivity (Wildman–Crippen MR) is 93.5 cm³/mol. The Hall–Kier alpha value is -1.88. The Morgan fingerprint density at radius 2 is 1.88 bits per heavy atom. The van der Waals surface area contributed by atoms with Gasteiger partial charge in [-0.1, -0.05) is 30.3 Å². The van der Waals surface area contributed by atoms with Gasteiger partial charge in [-0.05, 0) is 39.2 Å². The summed E-state index contributed by atoms with van der Waals surface area (Å²) in [6.07, 6.45) is 2.66. The van der Waals surface area contributed by atoms with E-state index in [1.54, 1.807) is 4.90 Å². The number of piperidine rings is 1. The number of amides is 1. The van der Waals surface area contributed by atoms with Crippen LogP contribution in [-0.2, 0) is 4.74 Å². The third-order valence-corrected chi connectivity index (χ3v) is 4.68. The van der Waals surface area contributed by atoms with E-state index in [1.165, 1.54) is 0 Å². The van der Waals surface area contributed by atoms with E-state index in [-0.39, 0.29) is 18.1 Å². The Morgan fingerprint density at radius 1 is 1.29 bits per heavy atom. The molecule has 1 aromatic carbocycles. The van der Waals surface area contributed by atoms with Crippen LogP contribution in [0.15, 0.2) is 35.3 Å². The minimum Gasteiger partial charge on any atom is -0.444 e. The molecule has 1 fully saturated rings. The molecule has 0 aromatic heterocycles. The van der Waals surface area contributed by atoms with Crippen molar-refractivity contribution in [1.29, 1.82) is 0 Å². The molecule has 0 radical (unpaired) electrons. The summed E-state index contributed by atoms with van der Waals surface area (Å²) in [6.45, 7) is 6.59. The van der Waals surface area contributed by atoms with Crippen LogP contribution in [0.3, 0.4) is 0 Å². The molecule has 5 heteroatoms. The number of nitrogens with zero attached hydrogens (tertiary/aromatic N) is 2. The molecule has 24 heavy (non-hydrogen) atoms. The van der Waals surface area contributed by atoms with E-state index in [4.69, 9.17) is 4.74 Å². The van der Waals surface area contributed by atoms with Crippen LogP contribution in [0.2, 0.25) is 0 Å². The Balaban J connectivity index is 1.68. The summed E-state index contributed by atoms with van der Waals surface area (Å²) in [4.78, 5) is 18.2. The molecule has 5 nitrogen and oxygen atoms in total. The standard InChI is InChI=1S/C19H26N2O3/c1-18(2,3)24-17(22)21-11-9-19(23,10-12-21)16(15-13-20-15)14-7-5-4-6-8-14/h4-8,13,15-16,23H,9-12H2,1-3H3. The van der Waals surface area contributed by atoms with Gasteiger partial charge in [0.2, 0.25) is 0 Å². The third kappa shape index (κ3) is 3.78. The first-order valence-electron chi connectivity index (χ1n) is 8.57.